The van der Waals surface area contributed by atoms with Gasteiger partial charge in [0.2, 0.25) is 5.91 Å². The molecule has 5 heteroatoms. The van der Waals surface area contributed by atoms with E-state index in [0.717, 1.165) is 50.3 Å². The fourth-order valence-corrected chi connectivity index (χ4v) is 4.12. The van der Waals surface area contributed by atoms with E-state index >= 15 is 0 Å². The van der Waals surface area contributed by atoms with Gasteiger partial charge in [-0.3, -0.25) is 19.7 Å². The number of nitrogens with zero attached hydrogens (tertiary/aromatic N) is 4. The van der Waals surface area contributed by atoms with Crippen molar-refractivity contribution in [2.24, 2.45) is 5.92 Å². The molecular formula is C25H28N4O. The summed E-state index contributed by atoms with van der Waals surface area (Å²) in [6.45, 7) is 6.15. The van der Waals surface area contributed by atoms with E-state index in [9.17, 15) is 4.79 Å². The molecule has 0 spiro atoms. The molecule has 3 aromatic rings. The van der Waals surface area contributed by atoms with Crippen molar-refractivity contribution in [2.45, 2.75) is 19.9 Å². The summed E-state index contributed by atoms with van der Waals surface area (Å²) in [6.07, 6.45) is 8.08. The van der Waals surface area contributed by atoms with Crippen LogP contribution in [0.4, 0.5) is 0 Å². The fourth-order valence-electron chi connectivity index (χ4n) is 4.12. The van der Waals surface area contributed by atoms with Crippen molar-refractivity contribution in [2.75, 3.05) is 26.2 Å². The molecule has 0 aliphatic carbocycles. The third-order valence-corrected chi connectivity index (χ3v) is 5.79. The molecule has 2 aromatic heterocycles. The predicted molar refractivity (Wildman–Crippen MR) is 119 cm³/mol. The maximum atomic E-state index is 13.1. The van der Waals surface area contributed by atoms with Gasteiger partial charge in [-0.1, -0.05) is 30.3 Å². The van der Waals surface area contributed by atoms with Crippen LogP contribution in [0, 0.1) is 5.92 Å². The quantitative estimate of drug-likeness (QED) is 0.634. The van der Waals surface area contributed by atoms with Crippen molar-refractivity contribution >= 4 is 5.91 Å². The molecule has 30 heavy (non-hydrogen) atoms. The standard InChI is InChI=1S/C25H28N4O/c1-2-29-15-14-28(18-21-9-12-26-13-10-21)19-24(25(29)30)16-20-5-7-22(8-6-20)23-4-3-11-27-17-23/h3-13,17,24H,2,14-16,18-19H2,1H3. The van der Waals surface area contributed by atoms with Crippen molar-refractivity contribution in [1.29, 1.82) is 0 Å². The van der Waals surface area contributed by atoms with Gasteiger partial charge in [-0.15, -0.1) is 0 Å². The van der Waals surface area contributed by atoms with Crippen molar-refractivity contribution < 1.29 is 4.79 Å². The molecular weight excluding hydrogens is 372 g/mol. The maximum absolute atomic E-state index is 13.1. The van der Waals surface area contributed by atoms with E-state index in [4.69, 9.17) is 0 Å². The molecule has 0 radical (unpaired) electrons. The van der Waals surface area contributed by atoms with E-state index in [1.54, 1.807) is 6.20 Å². The Morgan fingerprint density at radius 3 is 2.40 bits per heavy atom. The zero-order chi connectivity index (χ0) is 20.8. The lowest BCUT2D eigenvalue weighted by molar-refractivity contribution is -0.134. The van der Waals surface area contributed by atoms with E-state index in [1.165, 1.54) is 11.1 Å². The number of amides is 1. The van der Waals surface area contributed by atoms with Gasteiger partial charge in [0.25, 0.3) is 0 Å². The second kappa shape index (κ2) is 9.63. The molecule has 1 amide bonds. The fraction of sp³-hybridized carbons (Fsp3) is 0.320. The predicted octanol–water partition coefficient (Wildman–Crippen LogP) is 3.67. The molecule has 1 fully saturated rings. The minimum absolute atomic E-state index is 0.0291. The number of carbonyl (C=O) groups excluding carboxylic acids is 1. The number of likely N-dealkylation sites (N-methyl/N-ethyl adjacent to an activating group) is 1. The monoisotopic (exact) mass is 400 g/mol. The number of hydrogen-bond acceptors (Lipinski definition) is 4. The number of hydrogen-bond donors (Lipinski definition) is 0. The molecule has 1 unspecified atom stereocenters. The van der Waals surface area contributed by atoms with Crippen molar-refractivity contribution in [1.82, 2.24) is 19.8 Å². The highest BCUT2D eigenvalue weighted by Gasteiger charge is 2.29. The van der Waals surface area contributed by atoms with Crippen molar-refractivity contribution in [3.8, 4) is 11.1 Å². The molecule has 4 rings (SSSR count). The van der Waals surface area contributed by atoms with Crippen LogP contribution in [-0.2, 0) is 17.8 Å². The highest BCUT2D eigenvalue weighted by molar-refractivity contribution is 5.79. The molecule has 1 saturated heterocycles. The summed E-state index contributed by atoms with van der Waals surface area (Å²) in [7, 11) is 0. The Bertz CT molecular complexity index is 944. The lowest BCUT2D eigenvalue weighted by Crippen LogP contribution is -2.37. The Labute approximate surface area is 178 Å². The first-order valence-corrected chi connectivity index (χ1v) is 10.6. The number of rotatable bonds is 6. The second-order valence-corrected chi connectivity index (χ2v) is 7.85. The highest BCUT2D eigenvalue weighted by atomic mass is 16.2. The Balaban J connectivity index is 1.49. The first-order chi connectivity index (χ1) is 14.7. The van der Waals surface area contributed by atoms with Gasteiger partial charge in [0.15, 0.2) is 0 Å². The van der Waals surface area contributed by atoms with Gasteiger partial charge in [-0.2, -0.15) is 0 Å². The number of aromatic nitrogens is 2. The molecule has 154 valence electrons. The molecule has 1 aromatic carbocycles. The van der Waals surface area contributed by atoms with Crippen molar-refractivity contribution in [3.63, 3.8) is 0 Å². The Morgan fingerprint density at radius 2 is 1.70 bits per heavy atom. The summed E-state index contributed by atoms with van der Waals surface area (Å²) < 4.78 is 0. The molecule has 5 nitrogen and oxygen atoms in total. The maximum Gasteiger partial charge on any atom is 0.227 e. The first-order valence-electron chi connectivity index (χ1n) is 10.6. The van der Waals surface area contributed by atoms with Gasteiger partial charge in [-0.05, 0) is 53.8 Å². The van der Waals surface area contributed by atoms with Crippen LogP contribution in [0.25, 0.3) is 11.1 Å². The molecule has 0 bridgehead atoms. The Hall–Kier alpha value is -3.05. The number of benzene rings is 1. The molecule has 1 atom stereocenters. The molecule has 1 aliphatic heterocycles. The Kier molecular flexibility index (Phi) is 6.50. The second-order valence-electron chi connectivity index (χ2n) is 7.85. The van der Waals surface area contributed by atoms with E-state index in [2.05, 4.69) is 64.3 Å². The smallest absolute Gasteiger partial charge is 0.227 e. The zero-order valence-corrected chi connectivity index (χ0v) is 17.4. The minimum Gasteiger partial charge on any atom is -0.341 e. The Morgan fingerprint density at radius 1 is 0.900 bits per heavy atom. The van der Waals surface area contributed by atoms with Crippen LogP contribution in [0.15, 0.2) is 73.3 Å². The molecule has 0 saturated carbocycles. The lowest BCUT2D eigenvalue weighted by Gasteiger charge is -2.23. The molecule has 0 N–H and O–H groups in total. The average molecular weight is 401 g/mol. The van der Waals surface area contributed by atoms with Gasteiger partial charge >= 0.3 is 0 Å². The van der Waals surface area contributed by atoms with E-state index in [1.807, 2.05) is 29.6 Å². The minimum atomic E-state index is -0.0291. The summed E-state index contributed by atoms with van der Waals surface area (Å²) in [5.74, 6) is 0.240. The van der Waals surface area contributed by atoms with Crippen LogP contribution >= 0.6 is 0 Å². The van der Waals surface area contributed by atoms with Gasteiger partial charge in [0, 0.05) is 57.5 Å². The van der Waals surface area contributed by atoms with Crippen LogP contribution in [-0.4, -0.2) is 51.9 Å². The van der Waals surface area contributed by atoms with Crippen molar-refractivity contribution in [3.05, 3.63) is 84.4 Å². The average Bonchev–Trinajstić information content (AvgIpc) is 2.94. The van der Waals surface area contributed by atoms with Gasteiger partial charge in [-0.25, -0.2) is 0 Å². The van der Waals surface area contributed by atoms with Crippen LogP contribution in [0.2, 0.25) is 0 Å². The lowest BCUT2D eigenvalue weighted by atomic mass is 9.96. The number of carbonyl (C=O) groups is 1. The summed E-state index contributed by atoms with van der Waals surface area (Å²) >= 11 is 0. The van der Waals surface area contributed by atoms with Gasteiger partial charge in [0.1, 0.15) is 0 Å². The summed E-state index contributed by atoms with van der Waals surface area (Å²) in [5, 5.41) is 0. The van der Waals surface area contributed by atoms with E-state index in [-0.39, 0.29) is 11.8 Å². The number of pyridine rings is 2. The SMILES string of the molecule is CCN1CCN(Cc2ccncc2)CC(Cc2ccc(-c3cccnc3)cc2)C1=O. The topological polar surface area (TPSA) is 49.3 Å². The van der Waals surface area contributed by atoms with Crippen LogP contribution in [0.5, 0.6) is 0 Å². The van der Waals surface area contributed by atoms with Crippen LogP contribution in [0.3, 0.4) is 0 Å². The highest BCUT2D eigenvalue weighted by Crippen LogP contribution is 2.22. The summed E-state index contributed by atoms with van der Waals surface area (Å²) in [6, 6.07) is 16.7. The van der Waals surface area contributed by atoms with Crippen LogP contribution in [0.1, 0.15) is 18.1 Å². The zero-order valence-electron chi connectivity index (χ0n) is 17.4. The van der Waals surface area contributed by atoms with Gasteiger partial charge in [0.05, 0.1) is 5.92 Å². The third-order valence-electron chi connectivity index (χ3n) is 5.79. The van der Waals surface area contributed by atoms with E-state index in [0.29, 0.717) is 0 Å². The molecule has 1 aliphatic rings. The van der Waals surface area contributed by atoms with Gasteiger partial charge < -0.3 is 4.90 Å². The normalized spacial score (nSPS) is 17.7. The third kappa shape index (κ3) is 4.92. The molecule has 3 heterocycles. The first kappa shape index (κ1) is 20.2. The van der Waals surface area contributed by atoms with E-state index < -0.39 is 0 Å². The van der Waals surface area contributed by atoms with Crippen LogP contribution < -0.4 is 0 Å². The summed E-state index contributed by atoms with van der Waals surface area (Å²) in [5.41, 5.74) is 4.69. The largest absolute Gasteiger partial charge is 0.341 e. The summed E-state index contributed by atoms with van der Waals surface area (Å²) in [4.78, 5) is 25.9.